The third kappa shape index (κ3) is 11.0. The Hall–Kier alpha value is 0.960. The van der Waals surface area contributed by atoms with Gasteiger partial charge >= 0.3 is 5.42 Å². The lowest BCUT2D eigenvalue weighted by atomic mass is 10.2. The third-order valence-electron chi connectivity index (χ3n) is 1.24. The molecule has 0 aromatic carbocycles. The second-order valence-corrected chi connectivity index (χ2v) is 8.76. The van der Waals surface area contributed by atoms with Gasteiger partial charge in [-0.2, -0.15) is 0 Å². The summed E-state index contributed by atoms with van der Waals surface area (Å²) in [6.45, 7) is 2.61. The van der Waals surface area contributed by atoms with Gasteiger partial charge in [0.15, 0.2) is 0 Å². The predicted molar refractivity (Wildman–Crippen MR) is 52.5 cm³/mol. The maximum absolute atomic E-state index is 10.7. The zero-order valence-corrected chi connectivity index (χ0v) is 9.79. The molecule has 0 aromatic heterocycles. The molecule has 0 radical (unpaired) electrons. The fraction of sp³-hybridized carbons (Fsp3) is 1.00. The average Bonchev–Trinajstić information content (AvgIpc) is 1.85. The van der Waals surface area contributed by atoms with Crippen molar-refractivity contribution in [2.75, 3.05) is 6.61 Å². The van der Waals surface area contributed by atoms with Gasteiger partial charge in [0, 0.05) is 15.5 Å². The Morgan fingerprint density at radius 1 is 1.45 bits per heavy atom. The fourth-order valence-electron chi connectivity index (χ4n) is 0.700. The highest BCUT2D eigenvalue weighted by atomic mass is 79.9. The minimum absolute atomic E-state index is 0.478. The molecule has 0 aliphatic heterocycles. The van der Waals surface area contributed by atoms with Crippen LogP contribution in [0.4, 0.5) is 0 Å². The summed E-state index contributed by atoms with van der Waals surface area (Å²) >= 11 is 8.04. The quantitative estimate of drug-likeness (QED) is 0.527. The summed E-state index contributed by atoms with van der Waals surface area (Å²) in [6.07, 6.45) is 4.42. The van der Waals surface area contributed by atoms with Crippen LogP contribution in [0.3, 0.4) is 0 Å². The fourth-order valence-corrected chi connectivity index (χ4v) is 1.68. The molecule has 0 fully saturated rings. The number of hydrogen-bond acceptors (Lipinski definition) is 2. The highest BCUT2D eigenvalue weighted by Crippen LogP contribution is 2.60. The average molecular weight is 263 g/mol. The Labute approximate surface area is 80.6 Å². The first-order valence-corrected chi connectivity index (χ1v) is 8.25. The van der Waals surface area contributed by atoms with Crippen LogP contribution in [-0.2, 0) is 9.09 Å². The van der Waals surface area contributed by atoms with Crippen LogP contribution in [-0.4, -0.2) is 6.61 Å². The maximum atomic E-state index is 10.7. The Bertz CT molecular complexity index is 137. The lowest BCUT2D eigenvalue weighted by Crippen LogP contribution is -1.86. The topological polar surface area (TPSA) is 26.3 Å². The minimum atomic E-state index is -2.93. The van der Waals surface area contributed by atoms with E-state index in [2.05, 4.69) is 22.4 Å². The lowest BCUT2D eigenvalue weighted by molar-refractivity contribution is 0.322. The second kappa shape index (κ2) is 6.47. The molecule has 0 heterocycles. The Balaban J connectivity index is 3.09. The Morgan fingerprint density at radius 3 is 2.55 bits per heavy atom. The molecule has 0 spiro atoms. The molecule has 0 aliphatic carbocycles. The normalized spacial score (nSPS) is 16.3. The van der Waals surface area contributed by atoms with Gasteiger partial charge in [-0.1, -0.05) is 26.2 Å². The van der Waals surface area contributed by atoms with E-state index in [1.807, 2.05) is 0 Å². The molecular formula is C6H13BrClO2P. The highest BCUT2D eigenvalue weighted by Gasteiger charge is 2.11. The third-order valence-corrected chi connectivity index (χ3v) is 2.63. The molecule has 0 aromatic rings. The molecule has 11 heavy (non-hydrogen) atoms. The van der Waals surface area contributed by atoms with Crippen molar-refractivity contribution in [3.8, 4) is 0 Å². The van der Waals surface area contributed by atoms with Gasteiger partial charge in [0.25, 0.3) is 0 Å². The predicted octanol–water partition coefficient (Wildman–Crippen LogP) is 4.33. The van der Waals surface area contributed by atoms with Crippen molar-refractivity contribution < 1.29 is 9.09 Å². The maximum Gasteiger partial charge on any atom is 0.353 e. The van der Waals surface area contributed by atoms with E-state index in [0.29, 0.717) is 6.61 Å². The number of unbranched alkanes of at least 4 members (excludes halogenated alkanes) is 3. The van der Waals surface area contributed by atoms with Crippen molar-refractivity contribution in [1.82, 2.24) is 0 Å². The first kappa shape index (κ1) is 12.0. The van der Waals surface area contributed by atoms with Crippen LogP contribution in [0.1, 0.15) is 32.6 Å². The van der Waals surface area contributed by atoms with Crippen molar-refractivity contribution in [2.45, 2.75) is 32.6 Å². The van der Waals surface area contributed by atoms with Crippen molar-refractivity contribution in [3.63, 3.8) is 0 Å². The Morgan fingerprint density at radius 2 is 2.09 bits per heavy atom. The van der Waals surface area contributed by atoms with E-state index in [-0.39, 0.29) is 0 Å². The van der Waals surface area contributed by atoms with Crippen LogP contribution in [0, 0.1) is 0 Å². The molecule has 0 amide bonds. The van der Waals surface area contributed by atoms with Crippen molar-refractivity contribution in [2.24, 2.45) is 0 Å². The van der Waals surface area contributed by atoms with Gasteiger partial charge < -0.3 is 4.52 Å². The molecule has 0 aliphatic rings. The number of halogens is 2. The summed E-state index contributed by atoms with van der Waals surface area (Å²) in [5.74, 6) is 0. The van der Waals surface area contributed by atoms with Crippen LogP contribution in [0.15, 0.2) is 0 Å². The molecule has 0 saturated carbocycles. The standard InChI is InChI=1S/C6H13BrClO2P/c1-2-3-4-5-6-10-11(7,8)9/h2-6H2,1H3. The first-order valence-electron chi connectivity index (χ1n) is 3.70. The van der Waals surface area contributed by atoms with Crippen molar-refractivity contribution >= 4 is 32.2 Å². The number of rotatable bonds is 6. The lowest BCUT2D eigenvalue weighted by Gasteiger charge is -2.02. The van der Waals surface area contributed by atoms with E-state index in [1.165, 1.54) is 12.8 Å². The summed E-state index contributed by atoms with van der Waals surface area (Å²) in [5, 5.41) is 0. The molecule has 2 nitrogen and oxygen atoms in total. The van der Waals surface area contributed by atoms with Gasteiger partial charge in [-0.3, -0.25) is 4.57 Å². The summed E-state index contributed by atoms with van der Waals surface area (Å²) in [7, 11) is 0. The summed E-state index contributed by atoms with van der Waals surface area (Å²) in [4.78, 5) is 0. The van der Waals surface area contributed by atoms with Gasteiger partial charge in [-0.25, -0.2) is 0 Å². The minimum Gasteiger partial charge on any atom is -0.310 e. The van der Waals surface area contributed by atoms with Gasteiger partial charge in [-0.05, 0) is 17.7 Å². The molecule has 0 rings (SSSR count). The SMILES string of the molecule is CCCCCCOP(=O)(Cl)Br. The molecule has 5 heteroatoms. The van der Waals surface area contributed by atoms with E-state index >= 15 is 0 Å². The first-order chi connectivity index (χ1) is 5.06. The largest absolute Gasteiger partial charge is 0.353 e. The van der Waals surface area contributed by atoms with E-state index in [0.717, 1.165) is 12.8 Å². The van der Waals surface area contributed by atoms with Crippen LogP contribution in [0.25, 0.3) is 0 Å². The smallest absolute Gasteiger partial charge is 0.310 e. The molecular weight excluding hydrogens is 250 g/mol. The van der Waals surface area contributed by atoms with Crippen LogP contribution in [0.2, 0.25) is 0 Å². The summed E-state index contributed by atoms with van der Waals surface area (Å²) in [5.41, 5.74) is -2.93. The van der Waals surface area contributed by atoms with Crippen molar-refractivity contribution in [1.29, 1.82) is 0 Å². The van der Waals surface area contributed by atoms with Crippen LogP contribution < -0.4 is 0 Å². The van der Waals surface area contributed by atoms with Gasteiger partial charge in [0.2, 0.25) is 0 Å². The summed E-state index contributed by atoms with van der Waals surface area (Å²) in [6, 6.07) is 0. The van der Waals surface area contributed by atoms with Gasteiger partial charge in [0.05, 0.1) is 6.61 Å². The Kier molecular flexibility index (Phi) is 7.04. The van der Waals surface area contributed by atoms with Crippen molar-refractivity contribution in [3.05, 3.63) is 0 Å². The zero-order chi connectivity index (χ0) is 8.74. The molecule has 1 atom stereocenters. The monoisotopic (exact) mass is 262 g/mol. The van der Waals surface area contributed by atoms with Gasteiger partial charge in [-0.15, -0.1) is 0 Å². The molecule has 0 bridgehead atoms. The highest BCUT2D eigenvalue weighted by molar-refractivity contribution is 9.42. The van der Waals surface area contributed by atoms with Crippen LogP contribution >= 0.6 is 32.2 Å². The molecule has 68 valence electrons. The van der Waals surface area contributed by atoms with E-state index in [1.54, 1.807) is 0 Å². The zero-order valence-electron chi connectivity index (χ0n) is 6.56. The van der Waals surface area contributed by atoms with E-state index in [4.69, 9.17) is 15.8 Å². The number of hydrogen-bond donors (Lipinski definition) is 0. The van der Waals surface area contributed by atoms with E-state index in [9.17, 15) is 4.57 Å². The van der Waals surface area contributed by atoms with E-state index < -0.39 is 5.42 Å². The summed E-state index contributed by atoms with van der Waals surface area (Å²) < 4.78 is 15.5. The van der Waals surface area contributed by atoms with Crippen LogP contribution in [0.5, 0.6) is 0 Å². The molecule has 0 saturated heterocycles. The second-order valence-electron chi connectivity index (χ2n) is 2.31. The molecule has 0 N–H and O–H groups in total. The molecule has 1 unspecified atom stereocenters. The van der Waals surface area contributed by atoms with Gasteiger partial charge in [0.1, 0.15) is 0 Å².